The lowest BCUT2D eigenvalue weighted by Crippen LogP contribution is -2.09. The molecule has 0 bridgehead atoms. The molecule has 0 radical (unpaired) electrons. The Morgan fingerprint density at radius 2 is 2.11 bits per heavy atom. The molecule has 0 aliphatic rings. The van der Waals surface area contributed by atoms with Crippen molar-refractivity contribution in [2.24, 2.45) is 0 Å². The van der Waals surface area contributed by atoms with Crippen molar-refractivity contribution in [3.63, 3.8) is 0 Å². The predicted molar refractivity (Wildman–Crippen MR) is 72.5 cm³/mol. The Kier molecular flexibility index (Phi) is 3.98. The van der Waals surface area contributed by atoms with Crippen LogP contribution in [0.5, 0.6) is 6.01 Å². The van der Waals surface area contributed by atoms with E-state index in [9.17, 15) is 0 Å². The Labute approximate surface area is 114 Å². The molecule has 0 aliphatic carbocycles. The molecule has 0 amide bonds. The van der Waals surface area contributed by atoms with Crippen LogP contribution in [0.15, 0.2) is 12.1 Å². The molecule has 96 valence electrons. The van der Waals surface area contributed by atoms with Crippen molar-refractivity contribution in [2.75, 3.05) is 12.4 Å². The molecule has 0 saturated heterocycles. The minimum absolute atomic E-state index is 0.104. The van der Waals surface area contributed by atoms with Crippen LogP contribution in [-0.2, 0) is 0 Å². The lowest BCUT2D eigenvalue weighted by atomic mass is 10.3. The van der Waals surface area contributed by atoms with Crippen LogP contribution in [0.4, 0.5) is 5.95 Å². The zero-order chi connectivity index (χ0) is 13.1. The molecule has 18 heavy (non-hydrogen) atoms. The molecule has 5 nitrogen and oxygen atoms in total. The Bertz CT molecular complexity index is 546. The van der Waals surface area contributed by atoms with Gasteiger partial charge < -0.3 is 10.1 Å². The second-order valence-electron chi connectivity index (χ2n) is 3.73. The summed E-state index contributed by atoms with van der Waals surface area (Å²) in [6.07, 6.45) is 0. The number of hydrogen-bond donors (Lipinski definition) is 1. The van der Waals surface area contributed by atoms with Crippen LogP contribution in [0.2, 0.25) is 5.28 Å². The van der Waals surface area contributed by atoms with Gasteiger partial charge in [0, 0.05) is 9.75 Å². The van der Waals surface area contributed by atoms with E-state index in [0.29, 0.717) is 5.95 Å². The zero-order valence-corrected chi connectivity index (χ0v) is 11.8. The summed E-state index contributed by atoms with van der Waals surface area (Å²) in [5.74, 6) is 0.408. The summed E-state index contributed by atoms with van der Waals surface area (Å²) in [7, 11) is 1.49. The Balaban J connectivity index is 2.16. The van der Waals surface area contributed by atoms with Crippen molar-refractivity contribution in [3.05, 3.63) is 27.2 Å². The van der Waals surface area contributed by atoms with Gasteiger partial charge in [-0.1, -0.05) is 0 Å². The normalized spacial score (nSPS) is 12.2. The van der Waals surface area contributed by atoms with Gasteiger partial charge in [0.2, 0.25) is 11.2 Å². The van der Waals surface area contributed by atoms with E-state index in [1.165, 1.54) is 16.9 Å². The number of hydrogen-bond acceptors (Lipinski definition) is 6. The van der Waals surface area contributed by atoms with E-state index in [2.05, 4.69) is 39.3 Å². The quantitative estimate of drug-likeness (QED) is 0.935. The van der Waals surface area contributed by atoms with Gasteiger partial charge in [0.05, 0.1) is 13.2 Å². The molecule has 2 heterocycles. The molecule has 1 unspecified atom stereocenters. The molecule has 0 saturated carbocycles. The van der Waals surface area contributed by atoms with Gasteiger partial charge in [-0.3, -0.25) is 0 Å². The third-order valence-electron chi connectivity index (χ3n) is 2.30. The lowest BCUT2D eigenvalue weighted by molar-refractivity contribution is 0.378. The van der Waals surface area contributed by atoms with Crippen molar-refractivity contribution in [2.45, 2.75) is 19.9 Å². The van der Waals surface area contributed by atoms with Gasteiger partial charge in [0.15, 0.2) is 0 Å². The molecule has 2 aromatic rings. The number of rotatable bonds is 4. The third-order valence-corrected chi connectivity index (χ3v) is 3.66. The fourth-order valence-corrected chi connectivity index (χ4v) is 2.47. The topological polar surface area (TPSA) is 59.9 Å². The molecule has 1 atom stereocenters. The zero-order valence-electron chi connectivity index (χ0n) is 10.3. The van der Waals surface area contributed by atoms with Crippen molar-refractivity contribution in [1.82, 2.24) is 15.0 Å². The SMILES string of the molecule is COc1nc(Cl)nc(NC(C)c2ccc(C)s2)n1. The number of thiophene rings is 1. The average Bonchev–Trinajstić information content (AvgIpc) is 2.75. The summed E-state index contributed by atoms with van der Waals surface area (Å²) < 4.78 is 4.94. The van der Waals surface area contributed by atoms with E-state index in [4.69, 9.17) is 16.3 Å². The summed E-state index contributed by atoms with van der Waals surface area (Å²) in [5, 5.41) is 3.28. The fraction of sp³-hybridized carbons (Fsp3) is 0.364. The standard InChI is InChI=1S/C11H13ClN4OS/c1-6-4-5-8(18-6)7(2)13-10-14-9(12)15-11(16-10)17-3/h4-5,7H,1-3H3,(H,13,14,15,16). The van der Waals surface area contributed by atoms with Crippen LogP contribution in [0.1, 0.15) is 22.7 Å². The van der Waals surface area contributed by atoms with E-state index < -0.39 is 0 Å². The smallest absolute Gasteiger partial charge is 0.322 e. The van der Waals surface area contributed by atoms with E-state index in [1.807, 2.05) is 6.92 Å². The summed E-state index contributed by atoms with van der Waals surface area (Å²) >= 11 is 7.51. The van der Waals surface area contributed by atoms with Gasteiger partial charge in [-0.2, -0.15) is 15.0 Å². The molecule has 0 aromatic carbocycles. The number of halogens is 1. The first-order valence-electron chi connectivity index (χ1n) is 5.37. The van der Waals surface area contributed by atoms with Crippen LogP contribution < -0.4 is 10.1 Å². The third kappa shape index (κ3) is 3.08. The number of ether oxygens (including phenoxy) is 1. The molecule has 2 rings (SSSR count). The van der Waals surface area contributed by atoms with Gasteiger partial charge in [-0.25, -0.2) is 0 Å². The lowest BCUT2D eigenvalue weighted by Gasteiger charge is -2.12. The molecular weight excluding hydrogens is 272 g/mol. The summed E-state index contributed by atoms with van der Waals surface area (Å²) in [6, 6.07) is 4.47. The molecule has 0 fully saturated rings. The van der Waals surface area contributed by atoms with Crippen molar-refractivity contribution < 1.29 is 4.74 Å². The number of aryl methyl sites for hydroxylation is 1. The Morgan fingerprint density at radius 3 is 2.72 bits per heavy atom. The summed E-state index contributed by atoms with van der Waals surface area (Å²) in [5.41, 5.74) is 0. The molecule has 1 N–H and O–H groups in total. The summed E-state index contributed by atoms with van der Waals surface area (Å²) in [4.78, 5) is 14.4. The maximum absolute atomic E-state index is 5.78. The van der Waals surface area contributed by atoms with Gasteiger partial charge in [-0.05, 0) is 37.6 Å². The molecule has 2 aromatic heterocycles. The first-order valence-corrected chi connectivity index (χ1v) is 6.56. The van der Waals surface area contributed by atoms with Crippen LogP contribution in [0.3, 0.4) is 0 Å². The number of nitrogens with one attached hydrogen (secondary N) is 1. The average molecular weight is 285 g/mol. The minimum atomic E-state index is 0.104. The first-order chi connectivity index (χ1) is 8.58. The monoisotopic (exact) mass is 284 g/mol. The van der Waals surface area contributed by atoms with Crippen LogP contribution in [0, 0.1) is 6.92 Å². The fourth-order valence-electron chi connectivity index (χ4n) is 1.44. The minimum Gasteiger partial charge on any atom is -0.467 e. The van der Waals surface area contributed by atoms with E-state index in [0.717, 1.165) is 0 Å². The number of nitrogens with zero attached hydrogens (tertiary/aromatic N) is 3. The number of anilines is 1. The van der Waals surface area contributed by atoms with Gasteiger partial charge >= 0.3 is 6.01 Å². The van der Waals surface area contributed by atoms with Crippen LogP contribution in [0.25, 0.3) is 0 Å². The number of aromatic nitrogens is 3. The highest BCUT2D eigenvalue weighted by Crippen LogP contribution is 2.25. The second-order valence-corrected chi connectivity index (χ2v) is 5.39. The van der Waals surface area contributed by atoms with Crippen molar-refractivity contribution in [3.8, 4) is 6.01 Å². The predicted octanol–water partition coefficient (Wildman–Crippen LogP) is 3.08. The number of methoxy groups -OCH3 is 1. The van der Waals surface area contributed by atoms with Crippen molar-refractivity contribution >= 4 is 28.9 Å². The molecule has 0 aliphatic heterocycles. The van der Waals surface area contributed by atoms with Gasteiger partial charge in [0.1, 0.15) is 0 Å². The van der Waals surface area contributed by atoms with Crippen molar-refractivity contribution in [1.29, 1.82) is 0 Å². The first kappa shape index (κ1) is 13.0. The van der Waals surface area contributed by atoms with E-state index in [1.54, 1.807) is 11.3 Å². The van der Waals surface area contributed by atoms with Gasteiger partial charge in [-0.15, -0.1) is 11.3 Å². The summed E-state index contributed by atoms with van der Waals surface area (Å²) in [6.45, 7) is 4.11. The maximum Gasteiger partial charge on any atom is 0.322 e. The molecule has 7 heteroatoms. The van der Waals surface area contributed by atoms with Crippen LogP contribution >= 0.6 is 22.9 Å². The Hall–Kier alpha value is -1.40. The second kappa shape index (κ2) is 5.49. The van der Waals surface area contributed by atoms with Crippen LogP contribution in [-0.4, -0.2) is 22.1 Å². The Morgan fingerprint density at radius 1 is 1.33 bits per heavy atom. The highest BCUT2D eigenvalue weighted by molar-refractivity contribution is 7.12. The molecule has 0 spiro atoms. The van der Waals surface area contributed by atoms with E-state index >= 15 is 0 Å². The van der Waals surface area contributed by atoms with E-state index in [-0.39, 0.29) is 17.3 Å². The maximum atomic E-state index is 5.78. The largest absolute Gasteiger partial charge is 0.467 e. The molecular formula is C11H13ClN4OS. The highest BCUT2D eigenvalue weighted by Gasteiger charge is 2.11. The van der Waals surface area contributed by atoms with Gasteiger partial charge in [0.25, 0.3) is 0 Å². The highest BCUT2D eigenvalue weighted by atomic mass is 35.5.